The number of carbonyl (C=O) groups is 3. The molecule has 2 aliphatic heterocycles. The van der Waals surface area contributed by atoms with Gasteiger partial charge in [-0.25, -0.2) is 4.79 Å². The Morgan fingerprint density at radius 2 is 2.16 bits per heavy atom. The van der Waals surface area contributed by atoms with Crippen LogP contribution >= 0.6 is 0 Å². The van der Waals surface area contributed by atoms with Crippen molar-refractivity contribution < 1.29 is 18.9 Å². The Kier molecular flexibility index (Phi) is 3.59. The molecular weight excluding hydrogens is 324 g/mol. The number of hydrogen-bond donors (Lipinski definition) is 1. The smallest absolute Gasteiger partial charge is 0.325 e. The molecule has 0 spiro atoms. The molecule has 25 heavy (non-hydrogen) atoms. The van der Waals surface area contributed by atoms with Crippen LogP contribution in [-0.4, -0.2) is 51.4 Å². The van der Waals surface area contributed by atoms with Crippen molar-refractivity contribution in [1.29, 1.82) is 0 Å². The van der Waals surface area contributed by atoms with E-state index in [0.29, 0.717) is 12.3 Å². The van der Waals surface area contributed by atoms with Crippen molar-refractivity contribution in [1.82, 2.24) is 20.3 Å². The highest BCUT2D eigenvalue weighted by atomic mass is 16.5. The van der Waals surface area contributed by atoms with Gasteiger partial charge in [0.25, 0.3) is 5.91 Å². The van der Waals surface area contributed by atoms with Gasteiger partial charge in [-0.3, -0.25) is 14.5 Å². The zero-order chi connectivity index (χ0) is 17.8. The highest BCUT2D eigenvalue weighted by molar-refractivity contribution is 6.09. The minimum absolute atomic E-state index is 0.177. The molecule has 3 fully saturated rings. The second-order valence-corrected chi connectivity index (χ2v) is 7.41. The lowest BCUT2D eigenvalue weighted by atomic mass is 9.96. The first-order valence-electron chi connectivity index (χ1n) is 8.77. The van der Waals surface area contributed by atoms with Crippen LogP contribution in [0.1, 0.15) is 50.1 Å². The molecule has 0 aromatic carbocycles. The van der Waals surface area contributed by atoms with Crippen molar-refractivity contribution >= 4 is 17.8 Å². The first-order valence-corrected chi connectivity index (χ1v) is 8.77. The summed E-state index contributed by atoms with van der Waals surface area (Å²) in [6.45, 7) is 3.95. The molecule has 8 nitrogen and oxygen atoms in total. The molecule has 0 radical (unpaired) electrons. The predicted octanol–water partition coefficient (Wildman–Crippen LogP) is 1.37. The first kappa shape index (κ1) is 16.1. The van der Waals surface area contributed by atoms with E-state index in [1.165, 1.54) is 0 Å². The Labute approximate surface area is 145 Å². The van der Waals surface area contributed by atoms with Crippen molar-refractivity contribution in [2.75, 3.05) is 13.1 Å². The highest BCUT2D eigenvalue weighted by Crippen LogP contribution is 2.42. The lowest BCUT2D eigenvalue weighted by Crippen LogP contribution is -2.47. The number of nitrogens with zero attached hydrogens (tertiary/aromatic N) is 3. The van der Waals surface area contributed by atoms with Crippen LogP contribution in [0.5, 0.6) is 0 Å². The number of urea groups is 1. The first-order chi connectivity index (χ1) is 11.9. The molecular formula is C17H22N4O4. The molecule has 134 valence electrons. The average molecular weight is 346 g/mol. The van der Waals surface area contributed by atoms with E-state index in [1.54, 1.807) is 11.8 Å². The molecule has 1 aliphatic carbocycles. The zero-order valence-electron chi connectivity index (χ0n) is 14.4. The van der Waals surface area contributed by atoms with Crippen molar-refractivity contribution in [2.45, 2.75) is 51.1 Å². The SMILES string of the molecule is Cc1cc([C@@H]2CCCN2C(=O)CN2C(=O)N[C@](C)(C3CC3)C2=O)on1. The van der Waals surface area contributed by atoms with Crippen molar-refractivity contribution in [3.8, 4) is 0 Å². The number of amides is 4. The summed E-state index contributed by atoms with van der Waals surface area (Å²) in [5.41, 5.74) is -0.0901. The summed E-state index contributed by atoms with van der Waals surface area (Å²) in [5.74, 6) is 0.309. The topological polar surface area (TPSA) is 95.8 Å². The van der Waals surface area contributed by atoms with Gasteiger partial charge < -0.3 is 14.7 Å². The van der Waals surface area contributed by atoms with Crippen LogP contribution in [0, 0.1) is 12.8 Å². The van der Waals surface area contributed by atoms with E-state index in [-0.39, 0.29) is 30.3 Å². The van der Waals surface area contributed by atoms with Gasteiger partial charge in [0.05, 0.1) is 11.7 Å². The Bertz CT molecular complexity index is 741. The van der Waals surface area contributed by atoms with Crippen molar-refractivity contribution in [3.05, 3.63) is 17.5 Å². The molecule has 1 aromatic heterocycles. The normalized spacial score (nSPS) is 29.4. The van der Waals surface area contributed by atoms with E-state index in [0.717, 1.165) is 36.3 Å². The van der Waals surface area contributed by atoms with Gasteiger partial charge in [0.2, 0.25) is 5.91 Å². The summed E-state index contributed by atoms with van der Waals surface area (Å²) in [7, 11) is 0. The fourth-order valence-corrected chi connectivity index (χ4v) is 3.92. The molecule has 2 saturated heterocycles. The third-order valence-electron chi connectivity index (χ3n) is 5.54. The minimum atomic E-state index is -0.857. The number of aromatic nitrogens is 1. The monoisotopic (exact) mass is 346 g/mol. The Hall–Kier alpha value is -2.38. The number of imide groups is 1. The maximum absolute atomic E-state index is 12.8. The van der Waals surface area contributed by atoms with Crippen LogP contribution in [-0.2, 0) is 9.59 Å². The fourth-order valence-electron chi connectivity index (χ4n) is 3.92. The highest BCUT2D eigenvalue weighted by Gasteiger charge is 2.56. The second kappa shape index (κ2) is 5.57. The molecule has 2 atom stereocenters. The Morgan fingerprint density at radius 3 is 2.80 bits per heavy atom. The van der Waals surface area contributed by atoms with Gasteiger partial charge in [-0.1, -0.05) is 5.16 Å². The van der Waals surface area contributed by atoms with E-state index in [1.807, 2.05) is 13.0 Å². The largest absolute Gasteiger partial charge is 0.359 e. The second-order valence-electron chi connectivity index (χ2n) is 7.41. The van der Waals surface area contributed by atoms with Gasteiger partial charge in [-0.2, -0.15) is 0 Å². The maximum Gasteiger partial charge on any atom is 0.325 e. The number of rotatable bonds is 4. The number of carbonyl (C=O) groups excluding carboxylic acids is 3. The van der Waals surface area contributed by atoms with Crippen LogP contribution in [0.4, 0.5) is 4.79 Å². The lowest BCUT2D eigenvalue weighted by Gasteiger charge is -2.25. The van der Waals surface area contributed by atoms with Gasteiger partial charge in [-0.05, 0) is 45.4 Å². The number of hydrogen-bond acceptors (Lipinski definition) is 5. The Morgan fingerprint density at radius 1 is 1.40 bits per heavy atom. The maximum atomic E-state index is 12.8. The van der Waals surface area contributed by atoms with E-state index in [4.69, 9.17) is 4.52 Å². The number of nitrogens with one attached hydrogen (secondary N) is 1. The molecule has 1 saturated carbocycles. The van der Waals surface area contributed by atoms with Crippen LogP contribution in [0.15, 0.2) is 10.6 Å². The summed E-state index contributed by atoms with van der Waals surface area (Å²) >= 11 is 0. The summed E-state index contributed by atoms with van der Waals surface area (Å²) in [6, 6.07) is 1.18. The van der Waals surface area contributed by atoms with E-state index < -0.39 is 11.6 Å². The lowest BCUT2D eigenvalue weighted by molar-refractivity contribution is -0.139. The van der Waals surface area contributed by atoms with Crippen molar-refractivity contribution in [3.63, 3.8) is 0 Å². The third-order valence-corrected chi connectivity index (χ3v) is 5.54. The number of likely N-dealkylation sites (tertiary alicyclic amines) is 1. The van der Waals surface area contributed by atoms with Crippen LogP contribution in [0.2, 0.25) is 0 Å². The summed E-state index contributed by atoms with van der Waals surface area (Å²) in [6.07, 6.45) is 3.52. The summed E-state index contributed by atoms with van der Waals surface area (Å²) < 4.78 is 5.31. The molecule has 0 unspecified atom stereocenters. The third kappa shape index (κ3) is 2.60. The predicted molar refractivity (Wildman–Crippen MR) is 86.3 cm³/mol. The van der Waals surface area contributed by atoms with Gasteiger partial charge in [0, 0.05) is 12.6 Å². The number of aryl methyl sites for hydroxylation is 1. The molecule has 1 aromatic rings. The van der Waals surface area contributed by atoms with Crippen molar-refractivity contribution in [2.24, 2.45) is 5.92 Å². The standard InChI is InChI=1S/C17H22N4O4/c1-10-8-13(25-19-10)12-4-3-7-20(12)14(22)9-21-15(23)17(2,11-5-6-11)18-16(21)24/h8,11-12H,3-7,9H2,1-2H3,(H,18,24)/t12-,17+/m0/s1. The van der Waals surface area contributed by atoms with Crippen LogP contribution in [0.3, 0.4) is 0 Å². The summed E-state index contributed by atoms with van der Waals surface area (Å²) in [4.78, 5) is 40.4. The minimum Gasteiger partial charge on any atom is -0.359 e. The quantitative estimate of drug-likeness (QED) is 0.831. The fraction of sp³-hybridized carbons (Fsp3) is 0.647. The Balaban J connectivity index is 1.48. The van der Waals surface area contributed by atoms with Crippen LogP contribution < -0.4 is 5.32 Å². The molecule has 3 heterocycles. The molecule has 0 bridgehead atoms. The van der Waals surface area contributed by atoms with E-state index in [9.17, 15) is 14.4 Å². The molecule has 3 aliphatic rings. The molecule has 8 heteroatoms. The van der Waals surface area contributed by atoms with Gasteiger partial charge >= 0.3 is 6.03 Å². The summed E-state index contributed by atoms with van der Waals surface area (Å²) in [5, 5.41) is 6.66. The van der Waals surface area contributed by atoms with Gasteiger partial charge in [0.1, 0.15) is 12.1 Å². The molecule has 4 rings (SSSR count). The zero-order valence-corrected chi connectivity index (χ0v) is 14.4. The molecule has 4 amide bonds. The van der Waals surface area contributed by atoms with E-state index >= 15 is 0 Å². The van der Waals surface area contributed by atoms with Crippen LogP contribution in [0.25, 0.3) is 0 Å². The van der Waals surface area contributed by atoms with Gasteiger partial charge in [-0.15, -0.1) is 0 Å². The van der Waals surface area contributed by atoms with Gasteiger partial charge in [0.15, 0.2) is 5.76 Å². The molecule has 1 N–H and O–H groups in total. The average Bonchev–Trinajstić information content (AvgIpc) is 3.10. The van der Waals surface area contributed by atoms with E-state index in [2.05, 4.69) is 10.5 Å².